The molecule has 1 aliphatic rings. The number of hydrogen-bond acceptors (Lipinski definition) is 4. The second-order valence-electron chi connectivity index (χ2n) is 6.37. The van der Waals surface area contributed by atoms with Crippen LogP contribution in [0.2, 0.25) is 0 Å². The van der Waals surface area contributed by atoms with Gasteiger partial charge in [-0.15, -0.1) is 0 Å². The van der Waals surface area contributed by atoms with E-state index in [-0.39, 0.29) is 11.9 Å². The number of aryl methyl sites for hydroxylation is 2. The van der Waals surface area contributed by atoms with Gasteiger partial charge in [-0.3, -0.25) is 10.1 Å². The summed E-state index contributed by atoms with van der Waals surface area (Å²) >= 11 is 0. The van der Waals surface area contributed by atoms with E-state index in [0.29, 0.717) is 12.2 Å². The minimum atomic E-state index is -0.102. The van der Waals surface area contributed by atoms with Gasteiger partial charge in [0.1, 0.15) is 0 Å². The number of rotatable bonds is 5. The second-order valence-corrected chi connectivity index (χ2v) is 6.37. The zero-order chi connectivity index (χ0) is 17.2. The van der Waals surface area contributed by atoms with Crippen LogP contribution < -0.4 is 5.32 Å². The molecule has 1 amide bonds. The number of nitrogens with one attached hydrogen (secondary N) is 1. The Bertz CT molecular complexity index is 930. The number of aromatic nitrogens is 2. The van der Waals surface area contributed by atoms with Gasteiger partial charge in [0.15, 0.2) is 5.82 Å². The van der Waals surface area contributed by atoms with Crippen molar-refractivity contribution in [3.63, 3.8) is 0 Å². The highest BCUT2D eigenvalue weighted by atomic mass is 16.5. The molecule has 4 rings (SSSR count). The van der Waals surface area contributed by atoms with E-state index in [4.69, 9.17) is 4.52 Å². The molecule has 1 aromatic heterocycles. The molecule has 1 aliphatic carbocycles. The van der Waals surface area contributed by atoms with Gasteiger partial charge in [-0.2, -0.15) is 4.98 Å². The van der Waals surface area contributed by atoms with Crippen molar-refractivity contribution in [2.24, 2.45) is 0 Å². The Morgan fingerprint density at radius 3 is 2.84 bits per heavy atom. The van der Waals surface area contributed by atoms with E-state index in [1.165, 1.54) is 27.8 Å². The minimum absolute atomic E-state index is 0.102. The lowest BCUT2D eigenvalue weighted by Crippen LogP contribution is -2.11. The summed E-state index contributed by atoms with van der Waals surface area (Å²) in [5.41, 5.74) is 6.71. The van der Waals surface area contributed by atoms with Crippen molar-refractivity contribution in [2.75, 3.05) is 5.32 Å². The zero-order valence-electron chi connectivity index (χ0n) is 14.1. The van der Waals surface area contributed by atoms with Crippen LogP contribution in [0.25, 0.3) is 11.1 Å². The fourth-order valence-electron chi connectivity index (χ4n) is 3.31. The number of nitrogens with zero attached hydrogens (tertiary/aromatic N) is 2. The van der Waals surface area contributed by atoms with Gasteiger partial charge < -0.3 is 4.52 Å². The summed E-state index contributed by atoms with van der Waals surface area (Å²) in [6, 6.07) is 15.4. The summed E-state index contributed by atoms with van der Waals surface area (Å²) in [5, 5.41) is 6.27. The molecular formula is C20H19N3O2. The van der Waals surface area contributed by atoms with Gasteiger partial charge in [0.25, 0.3) is 0 Å². The van der Waals surface area contributed by atoms with Gasteiger partial charge in [0.05, 0.1) is 0 Å². The van der Waals surface area contributed by atoms with Crippen molar-refractivity contribution >= 4 is 11.9 Å². The van der Waals surface area contributed by atoms with Crippen molar-refractivity contribution in [1.29, 1.82) is 0 Å². The highest BCUT2D eigenvalue weighted by Crippen LogP contribution is 2.36. The number of anilines is 1. The van der Waals surface area contributed by atoms with Gasteiger partial charge in [-0.1, -0.05) is 47.6 Å². The van der Waals surface area contributed by atoms with Crippen LogP contribution in [0, 0.1) is 6.92 Å². The second kappa shape index (κ2) is 6.51. The first kappa shape index (κ1) is 15.6. The molecule has 1 heterocycles. The van der Waals surface area contributed by atoms with Crippen molar-refractivity contribution in [3.05, 3.63) is 65.0 Å². The molecule has 25 heavy (non-hydrogen) atoms. The molecule has 0 fully saturated rings. The molecule has 1 N–H and O–H groups in total. The smallest absolute Gasteiger partial charge is 0.315 e. The van der Waals surface area contributed by atoms with Crippen LogP contribution in [0.4, 0.5) is 6.01 Å². The van der Waals surface area contributed by atoms with Gasteiger partial charge in [-0.25, -0.2) is 0 Å². The lowest BCUT2D eigenvalue weighted by atomic mass is 10.00. The van der Waals surface area contributed by atoms with Crippen LogP contribution in [0.3, 0.4) is 0 Å². The maximum Gasteiger partial charge on any atom is 0.328 e. The monoisotopic (exact) mass is 333 g/mol. The van der Waals surface area contributed by atoms with Gasteiger partial charge in [0.2, 0.25) is 5.91 Å². The molecule has 0 unspecified atom stereocenters. The van der Waals surface area contributed by atoms with E-state index in [2.05, 4.69) is 57.9 Å². The minimum Gasteiger partial charge on any atom is -0.315 e. The van der Waals surface area contributed by atoms with Crippen molar-refractivity contribution < 1.29 is 9.32 Å². The molecule has 0 atom stereocenters. The first-order valence-electron chi connectivity index (χ1n) is 8.49. The molecule has 2 aromatic carbocycles. The third-order valence-electron chi connectivity index (χ3n) is 4.51. The average Bonchev–Trinajstić information content (AvgIpc) is 3.18. The quantitative estimate of drug-likeness (QED) is 0.601. The number of carbonyl (C=O) groups excluding carboxylic acids is 1. The van der Waals surface area contributed by atoms with Crippen molar-refractivity contribution in [2.45, 2.75) is 32.6 Å². The predicted molar refractivity (Wildman–Crippen MR) is 95.3 cm³/mol. The SMILES string of the molecule is Cc1noc(NC(=O)CCCc2ccc3c(c2)-c2ccccc2C3)n1. The van der Waals surface area contributed by atoms with E-state index < -0.39 is 0 Å². The Morgan fingerprint density at radius 1 is 1.16 bits per heavy atom. The highest BCUT2D eigenvalue weighted by Gasteiger charge is 2.17. The Morgan fingerprint density at radius 2 is 2.00 bits per heavy atom. The van der Waals surface area contributed by atoms with E-state index in [0.717, 1.165) is 19.3 Å². The Hall–Kier alpha value is -2.95. The standard InChI is InChI=1S/C20H19N3O2/c1-13-21-20(25-23-13)22-19(24)8-4-5-14-9-10-16-12-15-6-2-3-7-17(15)18(16)11-14/h2-3,6-7,9-11H,4-5,8,12H2,1H3,(H,21,22,23,24). The average molecular weight is 333 g/mol. The van der Waals surface area contributed by atoms with Crippen molar-refractivity contribution in [3.8, 4) is 11.1 Å². The molecule has 5 nitrogen and oxygen atoms in total. The highest BCUT2D eigenvalue weighted by molar-refractivity contribution is 5.88. The maximum atomic E-state index is 11.9. The molecule has 0 radical (unpaired) electrons. The van der Waals surface area contributed by atoms with E-state index in [1.807, 2.05) is 0 Å². The molecule has 126 valence electrons. The number of amides is 1. The summed E-state index contributed by atoms with van der Waals surface area (Å²) in [7, 11) is 0. The number of hydrogen-bond donors (Lipinski definition) is 1. The first-order chi connectivity index (χ1) is 12.2. The fourth-order valence-corrected chi connectivity index (χ4v) is 3.31. The summed E-state index contributed by atoms with van der Waals surface area (Å²) in [6.45, 7) is 1.71. The maximum absolute atomic E-state index is 11.9. The van der Waals surface area contributed by atoms with Crippen molar-refractivity contribution in [1.82, 2.24) is 10.1 Å². The molecule has 0 bridgehead atoms. The zero-order valence-corrected chi connectivity index (χ0v) is 14.1. The molecular weight excluding hydrogens is 314 g/mol. The number of benzene rings is 2. The number of fused-ring (bicyclic) bond motifs is 3. The molecule has 0 spiro atoms. The van der Waals surface area contributed by atoms with E-state index >= 15 is 0 Å². The fraction of sp³-hybridized carbons (Fsp3) is 0.250. The van der Waals surface area contributed by atoms with Gasteiger partial charge >= 0.3 is 6.01 Å². The first-order valence-corrected chi connectivity index (χ1v) is 8.49. The Kier molecular flexibility index (Phi) is 4.06. The molecule has 0 saturated carbocycles. The normalized spacial score (nSPS) is 11.9. The molecule has 5 heteroatoms. The van der Waals surface area contributed by atoms with Crippen LogP contribution in [-0.4, -0.2) is 16.0 Å². The predicted octanol–water partition coefficient (Wildman–Crippen LogP) is 3.91. The summed E-state index contributed by atoms with van der Waals surface area (Å²) in [6.07, 6.45) is 3.08. The largest absolute Gasteiger partial charge is 0.328 e. The Balaban J connectivity index is 1.36. The lowest BCUT2D eigenvalue weighted by Gasteiger charge is -2.06. The third kappa shape index (κ3) is 3.31. The van der Waals surface area contributed by atoms with Gasteiger partial charge in [0, 0.05) is 6.42 Å². The molecule has 0 saturated heterocycles. The lowest BCUT2D eigenvalue weighted by molar-refractivity contribution is -0.116. The van der Waals surface area contributed by atoms with Crippen LogP contribution >= 0.6 is 0 Å². The van der Waals surface area contributed by atoms with Gasteiger partial charge in [-0.05, 0) is 54.0 Å². The van der Waals surface area contributed by atoms with E-state index in [9.17, 15) is 4.79 Å². The summed E-state index contributed by atoms with van der Waals surface area (Å²) in [4.78, 5) is 15.9. The molecule has 3 aromatic rings. The van der Waals surface area contributed by atoms with Crippen LogP contribution in [0.5, 0.6) is 0 Å². The number of carbonyl (C=O) groups is 1. The van der Waals surface area contributed by atoms with Crippen LogP contribution in [0.1, 0.15) is 35.4 Å². The topological polar surface area (TPSA) is 68.0 Å². The third-order valence-corrected chi connectivity index (χ3v) is 4.51. The van der Waals surface area contributed by atoms with Crippen LogP contribution in [-0.2, 0) is 17.6 Å². The summed E-state index contributed by atoms with van der Waals surface area (Å²) in [5.74, 6) is 0.406. The molecule has 0 aliphatic heterocycles. The Labute approximate surface area is 146 Å². The summed E-state index contributed by atoms with van der Waals surface area (Å²) < 4.78 is 4.89. The van der Waals surface area contributed by atoms with E-state index in [1.54, 1.807) is 6.92 Å². The van der Waals surface area contributed by atoms with Crippen LogP contribution in [0.15, 0.2) is 47.0 Å².